The van der Waals surface area contributed by atoms with Gasteiger partial charge in [-0.2, -0.15) is 0 Å². The van der Waals surface area contributed by atoms with Gasteiger partial charge in [-0.05, 0) is 68.3 Å². The second-order valence-electron chi connectivity index (χ2n) is 7.18. The highest BCUT2D eigenvalue weighted by atomic mass is 35.5. The van der Waals surface area contributed by atoms with Crippen LogP contribution in [0.1, 0.15) is 36.0 Å². The number of hydrogen-bond donors (Lipinski definition) is 1. The highest BCUT2D eigenvalue weighted by Crippen LogP contribution is 2.53. The molecule has 3 aliphatic heterocycles. The van der Waals surface area contributed by atoms with E-state index in [1.54, 1.807) is 0 Å². The molecule has 1 aromatic carbocycles. The Balaban J connectivity index is 1.42. The van der Waals surface area contributed by atoms with Gasteiger partial charge in [0.15, 0.2) is 0 Å². The second kappa shape index (κ2) is 4.95. The van der Waals surface area contributed by atoms with Crippen molar-refractivity contribution in [3.8, 4) is 0 Å². The van der Waals surface area contributed by atoms with Crippen molar-refractivity contribution in [1.82, 2.24) is 10.2 Å². The average molecular weight is 347 g/mol. The van der Waals surface area contributed by atoms with Gasteiger partial charge in [-0.15, -0.1) is 11.3 Å². The number of thiophene rings is 1. The van der Waals surface area contributed by atoms with Crippen LogP contribution in [-0.2, 0) is 0 Å². The minimum Gasteiger partial charge on any atom is -0.347 e. The molecule has 6 rings (SSSR count). The van der Waals surface area contributed by atoms with E-state index in [2.05, 4.69) is 10.2 Å². The topological polar surface area (TPSA) is 32.3 Å². The molecule has 1 amide bonds. The maximum Gasteiger partial charge on any atom is 0.251 e. The zero-order chi connectivity index (χ0) is 15.6. The van der Waals surface area contributed by atoms with Crippen LogP contribution in [0.2, 0.25) is 4.34 Å². The lowest BCUT2D eigenvalue weighted by Gasteiger charge is -2.52. The molecule has 1 aliphatic carbocycles. The maximum absolute atomic E-state index is 12.8. The third-order valence-corrected chi connectivity index (χ3v) is 7.25. The molecule has 2 aromatic rings. The summed E-state index contributed by atoms with van der Waals surface area (Å²) >= 11 is 7.60. The van der Waals surface area contributed by atoms with Crippen LogP contribution in [0.25, 0.3) is 10.1 Å². The van der Waals surface area contributed by atoms with Crippen LogP contribution >= 0.6 is 22.9 Å². The molecule has 23 heavy (non-hydrogen) atoms. The lowest BCUT2D eigenvalue weighted by molar-refractivity contribution is -0.00144. The normalized spacial score (nSPS) is 30.7. The van der Waals surface area contributed by atoms with E-state index >= 15 is 0 Å². The number of piperidine rings is 3. The molecule has 5 heteroatoms. The summed E-state index contributed by atoms with van der Waals surface area (Å²) in [6, 6.07) is 8.18. The largest absolute Gasteiger partial charge is 0.347 e. The smallest absolute Gasteiger partial charge is 0.251 e. The van der Waals surface area contributed by atoms with E-state index in [0.29, 0.717) is 12.0 Å². The van der Waals surface area contributed by atoms with Gasteiger partial charge in [0.25, 0.3) is 5.91 Å². The van der Waals surface area contributed by atoms with Gasteiger partial charge in [0.05, 0.1) is 10.4 Å². The third-order valence-electron chi connectivity index (χ3n) is 6.02. The number of rotatable bonds is 2. The van der Waals surface area contributed by atoms with Crippen molar-refractivity contribution in [3.05, 3.63) is 34.2 Å². The minimum atomic E-state index is 0.0708. The summed E-state index contributed by atoms with van der Waals surface area (Å²) in [7, 11) is 0. The molecule has 1 saturated carbocycles. The van der Waals surface area contributed by atoms with Gasteiger partial charge in [-0.1, -0.05) is 17.7 Å². The minimum absolute atomic E-state index is 0.0708. The number of halogens is 1. The van der Waals surface area contributed by atoms with E-state index < -0.39 is 0 Å². The molecule has 4 heterocycles. The van der Waals surface area contributed by atoms with Gasteiger partial charge >= 0.3 is 0 Å². The number of nitrogens with zero attached hydrogens (tertiary/aromatic N) is 1. The number of carbonyl (C=O) groups excluding carboxylic acids is 1. The van der Waals surface area contributed by atoms with Crippen LogP contribution in [0, 0.1) is 5.92 Å². The van der Waals surface area contributed by atoms with Crippen molar-refractivity contribution >= 4 is 38.9 Å². The van der Waals surface area contributed by atoms with Crippen molar-refractivity contribution < 1.29 is 4.79 Å². The van der Waals surface area contributed by atoms with E-state index in [1.165, 1.54) is 50.1 Å². The van der Waals surface area contributed by atoms with E-state index in [1.807, 2.05) is 24.3 Å². The first-order valence-corrected chi connectivity index (χ1v) is 9.60. The molecular weight excluding hydrogens is 328 g/mol. The molecule has 4 aliphatic rings. The Bertz CT molecular complexity index is 789. The van der Waals surface area contributed by atoms with Crippen LogP contribution in [0.3, 0.4) is 0 Å². The number of hydrogen-bond acceptors (Lipinski definition) is 3. The number of carbonyl (C=O) groups is 1. The zero-order valence-corrected chi connectivity index (χ0v) is 14.4. The molecule has 1 unspecified atom stereocenters. The van der Waals surface area contributed by atoms with Crippen LogP contribution in [0.5, 0.6) is 0 Å². The highest BCUT2D eigenvalue weighted by molar-refractivity contribution is 7.22. The standard InChI is InChI=1S/C18H19ClN2OS/c19-15-10-12-1-2-13(9-14(12)23-15)17(22)20-16-11-3-7-21(8-4-11)18(16)5-6-18/h1-2,9-11,16H,3-8H2,(H,20,22). The molecule has 1 N–H and O–H groups in total. The first-order valence-electron chi connectivity index (χ1n) is 8.41. The molecule has 1 atom stereocenters. The molecule has 3 saturated heterocycles. The molecule has 0 radical (unpaired) electrons. The third kappa shape index (κ3) is 2.15. The van der Waals surface area contributed by atoms with Gasteiger partial charge in [0, 0.05) is 15.8 Å². The molecular formula is C18H19ClN2OS. The first-order chi connectivity index (χ1) is 11.2. The summed E-state index contributed by atoms with van der Waals surface area (Å²) < 4.78 is 1.85. The molecule has 1 spiro atoms. The Morgan fingerprint density at radius 2 is 2.04 bits per heavy atom. The fraction of sp³-hybridized carbons (Fsp3) is 0.500. The Labute approximate surface area is 144 Å². The van der Waals surface area contributed by atoms with Gasteiger partial charge in [0.1, 0.15) is 0 Å². The van der Waals surface area contributed by atoms with E-state index in [9.17, 15) is 4.79 Å². The molecule has 120 valence electrons. The van der Waals surface area contributed by atoms with Gasteiger partial charge in [-0.25, -0.2) is 0 Å². The number of nitrogens with one attached hydrogen (secondary N) is 1. The van der Waals surface area contributed by atoms with Gasteiger partial charge in [-0.3, -0.25) is 9.69 Å². The van der Waals surface area contributed by atoms with Crippen LogP contribution < -0.4 is 5.32 Å². The summed E-state index contributed by atoms with van der Waals surface area (Å²) in [5.41, 5.74) is 1.04. The van der Waals surface area contributed by atoms with Gasteiger partial charge < -0.3 is 5.32 Å². The lowest BCUT2D eigenvalue weighted by Crippen LogP contribution is -2.65. The van der Waals surface area contributed by atoms with Crippen molar-refractivity contribution in [2.45, 2.75) is 37.3 Å². The number of fused-ring (bicyclic) bond motifs is 3. The second-order valence-corrected chi connectivity index (χ2v) is 8.90. The SMILES string of the molecule is O=C(NC1C2CCN(CC2)C12CC2)c1ccc2cc(Cl)sc2c1. The van der Waals surface area contributed by atoms with Crippen molar-refractivity contribution in [2.24, 2.45) is 5.92 Å². The van der Waals surface area contributed by atoms with Crippen molar-refractivity contribution in [1.29, 1.82) is 0 Å². The quantitative estimate of drug-likeness (QED) is 0.894. The number of amides is 1. The highest BCUT2D eigenvalue weighted by Gasteiger charge is 2.60. The summed E-state index contributed by atoms with van der Waals surface area (Å²) in [6.45, 7) is 2.44. The van der Waals surface area contributed by atoms with E-state index in [4.69, 9.17) is 11.6 Å². The first kappa shape index (κ1) is 14.3. The summed E-state index contributed by atoms with van der Waals surface area (Å²) in [5, 5.41) is 4.49. The number of benzene rings is 1. The predicted octanol–water partition coefficient (Wildman–Crippen LogP) is 3.91. The zero-order valence-electron chi connectivity index (χ0n) is 12.8. The van der Waals surface area contributed by atoms with Crippen molar-refractivity contribution in [2.75, 3.05) is 13.1 Å². The fourth-order valence-electron chi connectivity index (χ4n) is 4.69. The molecule has 4 fully saturated rings. The van der Waals surface area contributed by atoms with Crippen molar-refractivity contribution in [3.63, 3.8) is 0 Å². The average Bonchev–Trinajstić information content (AvgIpc) is 3.24. The van der Waals surface area contributed by atoms with Crippen LogP contribution in [0.15, 0.2) is 24.3 Å². The molecule has 2 bridgehead atoms. The van der Waals surface area contributed by atoms with Gasteiger partial charge in [0.2, 0.25) is 0 Å². The Morgan fingerprint density at radius 1 is 1.26 bits per heavy atom. The Morgan fingerprint density at radius 3 is 2.78 bits per heavy atom. The van der Waals surface area contributed by atoms with Crippen LogP contribution in [-0.4, -0.2) is 35.5 Å². The van der Waals surface area contributed by atoms with Crippen LogP contribution in [0.4, 0.5) is 0 Å². The maximum atomic E-state index is 12.8. The Kier molecular flexibility index (Phi) is 3.07. The lowest BCUT2D eigenvalue weighted by atomic mass is 9.77. The van der Waals surface area contributed by atoms with E-state index in [-0.39, 0.29) is 11.4 Å². The monoisotopic (exact) mass is 346 g/mol. The molecule has 1 aromatic heterocycles. The molecule has 3 nitrogen and oxygen atoms in total. The fourth-order valence-corrected chi connectivity index (χ4v) is 5.88. The summed E-state index contributed by atoms with van der Waals surface area (Å²) in [6.07, 6.45) is 4.94. The summed E-state index contributed by atoms with van der Waals surface area (Å²) in [4.78, 5) is 15.4. The van der Waals surface area contributed by atoms with E-state index in [0.717, 1.165) is 20.0 Å². The summed E-state index contributed by atoms with van der Waals surface area (Å²) in [5.74, 6) is 0.729. The Hall–Kier alpha value is -1.10. The predicted molar refractivity (Wildman–Crippen MR) is 94.4 cm³/mol.